The van der Waals surface area contributed by atoms with Gasteiger partial charge in [-0.3, -0.25) is 4.79 Å². The molecule has 1 saturated heterocycles. The van der Waals surface area contributed by atoms with Gasteiger partial charge in [0.2, 0.25) is 5.91 Å². The fourth-order valence-corrected chi connectivity index (χ4v) is 3.21. The van der Waals surface area contributed by atoms with Crippen molar-refractivity contribution in [2.24, 2.45) is 5.92 Å². The van der Waals surface area contributed by atoms with Gasteiger partial charge in [-0.05, 0) is 50.2 Å². The Balaban J connectivity index is 1.77. The number of thioether (sulfide) groups is 1. The van der Waals surface area contributed by atoms with E-state index in [0.717, 1.165) is 36.0 Å². The first-order valence-corrected chi connectivity index (χ1v) is 7.86. The second-order valence-electron chi connectivity index (χ2n) is 4.79. The van der Waals surface area contributed by atoms with E-state index in [1.54, 1.807) is 11.8 Å². The Morgan fingerprint density at radius 1 is 1.47 bits per heavy atom. The number of carbonyl (C=O) groups is 1. The second-order valence-corrected chi connectivity index (χ2v) is 6.28. The molecular formula is C14H19ClN2OS. The van der Waals surface area contributed by atoms with Gasteiger partial charge < -0.3 is 10.2 Å². The van der Waals surface area contributed by atoms with Crippen LogP contribution in [0.25, 0.3) is 0 Å². The van der Waals surface area contributed by atoms with Crippen LogP contribution in [-0.2, 0) is 4.79 Å². The monoisotopic (exact) mass is 298 g/mol. The highest BCUT2D eigenvalue weighted by atomic mass is 35.5. The Bertz CT molecular complexity index is 424. The summed E-state index contributed by atoms with van der Waals surface area (Å²) >= 11 is 7.41. The quantitative estimate of drug-likeness (QED) is 0.848. The third-order valence-corrected chi connectivity index (χ3v) is 4.56. The summed E-state index contributed by atoms with van der Waals surface area (Å²) < 4.78 is 0. The highest BCUT2D eigenvalue weighted by Gasteiger charge is 2.25. The number of halogens is 1. The lowest BCUT2D eigenvalue weighted by Crippen LogP contribution is -2.31. The predicted molar refractivity (Wildman–Crippen MR) is 80.8 cm³/mol. The summed E-state index contributed by atoms with van der Waals surface area (Å²) in [7, 11) is 1.96. The molecule has 1 aromatic rings. The van der Waals surface area contributed by atoms with Crippen LogP contribution >= 0.6 is 23.4 Å². The van der Waals surface area contributed by atoms with E-state index in [2.05, 4.69) is 5.32 Å². The zero-order valence-corrected chi connectivity index (χ0v) is 12.6. The van der Waals surface area contributed by atoms with Crippen LogP contribution in [0.1, 0.15) is 6.42 Å². The maximum absolute atomic E-state index is 12.1. The molecule has 0 saturated carbocycles. The smallest absolute Gasteiger partial charge is 0.232 e. The van der Waals surface area contributed by atoms with Crippen molar-refractivity contribution in [3.05, 3.63) is 29.3 Å². The Hall–Kier alpha value is -0.710. The number of benzene rings is 1. The molecule has 2 rings (SSSR count). The first-order valence-electron chi connectivity index (χ1n) is 6.50. The molecule has 0 aromatic heterocycles. The molecule has 0 bridgehead atoms. The summed E-state index contributed by atoms with van der Waals surface area (Å²) in [6.07, 6.45) is 1.11. The lowest BCUT2D eigenvalue weighted by Gasteiger charge is -2.16. The van der Waals surface area contributed by atoms with Gasteiger partial charge in [-0.1, -0.05) is 11.6 Å². The lowest BCUT2D eigenvalue weighted by molar-refractivity contribution is -0.127. The average Bonchev–Trinajstić information content (AvgIpc) is 2.87. The van der Waals surface area contributed by atoms with Gasteiger partial charge in [-0.25, -0.2) is 0 Å². The molecule has 19 heavy (non-hydrogen) atoms. The van der Waals surface area contributed by atoms with Crippen LogP contribution in [0.15, 0.2) is 29.2 Å². The summed E-state index contributed by atoms with van der Waals surface area (Å²) in [5, 5.41) is 3.90. The SMILES string of the molecule is CNCC1CCN(C(=O)CSc2ccc(Cl)cc2)C1. The topological polar surface area (TPSA) is 32.3 Å². The number of amides is 1. The van der Waals surface area contributed by atoms with Gasteiger partial charge in [0.05, 0.1) is 5.75 Å². The van der Waals surface area contributed by atoms with Crippen LogP contribution < -0.4 is 5.32 Å². The molecule has 1 aliphatic heterocycles. The maximum Gasteiger partial charge on any atom is 0.232 e. The van der Waals surface area contributed by atoms with Crippen molar-refractivity contribution in [2.75, 3.05) is 32.4 Å². The minimum Gasteiger partial charge on any atom is -0.342 e. The lowest BCUT2D eigenvalue weighted by atomic mass is 10.1. The van der Waals surface area contributed by atoms with Crippen LogP contribution in [0.4, 0.5) is 0 Å². The molecule has 3 nitrogen and oxygen atoms in total. The molecule has 5 heteroatoms. The van der Waals surface area contributed by atoms with Gasteiger partial charge >= 0.3 is 0 Å². The molecule has 1 aliphatic rings. The van der Waals surface area contributed by atoms with Crippen molar-refractivity contribution < 1.29 is 4.79 Å². The average molecular weight is 299 g/mol. The fraction of sp³-hybridized carbons (Fsp3) is 0.500. The molecule has 1 atom stereocenters. The Morgan fingerprint density at radius 3 is 2.89 bits per heavy atom. The first kappa shape index (κ1) is 14.7. The van der Waals surface area contributed by atoms with E-state index in [1.165, 1.54) is 0 Å². The van der Waals surface area contributed by atoms with E-state index in [9.17, 15) is 4.79 Å². The second kappa shape index (κ2) is 7.17. The van der Waals surface area contributed by atoms with Crippen molar-refractivity contribution in [3.8, 4) is 0 Å². The van der Waals surface area contributed by atoms with E-state index in [1.807, 2.05) is 36.2 Å². The van der Waals surface area contributed by atoms with E-state index in [0.29, 0.717) is 11.7 Å². The zero-order valence-electron chi connectivity index (χ0n) is 11.1. The largest absolute Gasteiger partial charge is 0.342 e. The van der Waals surface area contributed by atoms with E-state index < -0.39 is 0 Å². The highest BCUT2D eigenvalue weighted by Crippen LogP contribution is 2.22. The third-order valence-electron chi connectivity index (χ3n) is 3.31. The Labute approximate surface area is 123 Å². The molecule has 104 valence electrons. The van der Waals surface area contributed by atoms with Crippen molar-refractivity contribution in [1.29, 1.82) is 0 Å². The third kappa shape index (κ3) is 4.41. The summed E-state index contributed by atoms with van der Waals surface area (Å²) in [6.45, 7) is 2.78. The number of carbonyl (C=O) groups excluding carboxylic acids is 1. The van der Waals surface area contributed by atoms with Gasteiger partial charge in [-0.2, -0.15) is 0 Å². The van der Waals surface area contributed by atoms with Crippen molar-refractivity contribution >= 4 is 29.3 Å². The standard InChI is InChI=1S/C14H19ClN2OS/c1-16-8-11-6-7-17(9-11)14(18)10-19-13-4-2-12(15)3-5-13/h2-5,11,16H,6-10H2,1H3. The van der Waals surface area contributed by atoms with Gasteiger partial charge in [-0.15, -0.1) is 11.8 Å². The molecule has 1 amide bonds. The van der Waals surface area contributed by atoms with Crippen LogP contribution in [-0.4, -0.2) is 43.2 Å². The minimum atomic E-state index is 0.235. The van der Waals surface area contributed by atoms with Crippen molar-refractivity contribution in [1.82, 2.24) is 10.2 Å². The molecule has 0 radical (unpaired) electrons. The van der Waals surface area contributed by atoms with Gasteiger partial charge in [0.25, 0.3) is 0 Å². The predicted octanol–water partition coefficient (Wildman–Crippen LogP) is 2.50. The number of hydrogen-bond donors (Lipinski definition) is 1. The summed E-state index contributed by atoms with van der Waals surface area (Å²) in [5.74, 6) is 1.35. The summed E-state index contributed by atoms with van der Waals surface area (Å²) in [6, 6.07) is 7.61. The zero-order chi connectivity index (χ0) is 13.7. The van der Waals surface area contributed by atoms with Crippen LogP contribution in [0.3, 0.4) is 0 Å². The first-order chi connectivity index (χ1) is 9.19. The molecular weight excluding hydrogens is 280 g/mol. The van der Waals surface area contributed by atoms with Gasteiger partial charge in [0.15, 0.2) is 0 Å². The Kier molecular flexibility index (Phi) is 5.55. The summed E-state index contributed by atoms with van der Waals surface area (Å²) in [5.41, 5.74) is 0. The number of nitrogens with zero attached hydrogens (tertiary/aromatic N) is 1. The molecule has 1 fully saturated rings. The van der Waals surface area contributed by atoms with E-state index in [4.69, 9.17) is 11.6 Å². The van der Waals surface area contributed by atoms with Gasteiger partial charge in [0, 0.05) is 23.0 Å². The van der Waals surface area contributed by atoms with E-state index >= 15 is 0 Å². The van der Waals surface area contributed by atoms with Crippen molar-refractivity contribution in [3.63, 3.8) is 0 Å². The molecule has 1 unspecified atom stereocenters. The van der Waals surface area contributed by atoms with Crippen LogP contribution in [0.5, 0.6) is 0 Å². The maximum atomic E-state index is 12.1. The normalized spacial score (nSPS) is 18.8. The molecule has 0 spiro atoms. The number of likely N-dealkylation sites (tertiary alicyclic amines) is 1. The van der Waals surface area contributed by atoms with Crippen LogP contribution in [0.2, 0.25) is 5.02 Å². The van der Waals surface area contributed by atoms with Crippen LogP contribution in [0, 0.1) is 5.92 Å². The number of nitrogens with one attached hydrogen (secondary N) is 1. The van der Waals surface area contributed by atoms with Crippen molar-refractivity contribution in [2.45, 2.75) is 11.3 Å². The fourth-order valence-electron chi connectivity index (χ4n) is 2.28. The van der Waals surface area contributed by atoms with Gasteiger partial charge in [0.1, 0.15) is 0 Å². The highest BCUT2D eigenvalue weighted by molar-refractivity contribution is 8.00. The number of rotatable bonds is 5. The molecule has 0 aliphatic carbocycles. The molecule has 1 heterocycles. The molecule has 1 aromatic carbocycles. The minimum absolute atomic E-state index is 0.235. The summed E-state index contributed by atoms with van der Waals surface area (Å²) in [4.78, 5) is 15.2. The van der Waals surface area contributed by atoms with E-state index in [-0.39, 0.29) is 5.91 Å². The number of hydrogen-bond acceptors (Lipinski definition) is 3. The molecule has 1 N–H and O–H groups in total. The Morgan fingerprint density at radius 2 is 2.21 bits per heavy atom.